The fraction of sp³-hybridized carbons (Fsp3) is 0.280. The Hall–Kier alpha value is -3.67. The van der Waals surface area contributed by atoms with Gasteiger partial charge in [-0.3, -0.25) is 15.2 Å². The normalized spacial score (nSPS) is 22.0. The lowest BCUT2D eigenvalue weighted by Crippen LogP contribution is -2.55. The summed E-state index contributed by atoms with van der Waals surface area (Å²) in [6.45, 7) is 1.68. The highest BCUT2D eigenvalue weighted by Gasteiger charge is 2.56. The Kier molecular flexibility index (Phi) is 5.36. The first-order chi connectivity index (χ1) is 17.4. The van der Waals surface area contributed by atoms with Crippen molar-refractivity contribution in [3.05, 3.63) is 76.6 Å². The topological polar surface area (TPSA) is 86.1 Å². The van der Waals surface area contributed by atoms with Gasteiger partial charge in [0.25, 0.3) is 0 Å². The monoisotopic (exact) mass is 499 g/mol. The van der Waals surface area contributed by atoms with Crippen molar-refractivity contribution in [2.45, 2.75) is 11.9 Å². The molecule has 8 nitrogen and oxygen atoms in total. The molecule has 3 aliphatic rings. The van der Waals surface area contributed by atoms with Crippen LogP contribution in [0.2, 0.25) is 0 Å². The molecule has 3 aromatic rings. The van der Waals surface area contributed by atoms with Gasteiger partial charge in [-0.15, -0.1) is 0 Å². The first-order valence-electron chi connectivity index (χ1n) is 11.3. The average Bonchev–Trinajstić information content (AvgIpc) is 3.52. The molecule has 3 aliphatic heterocycles. The second kappa shape index (κ2) is 8.47. The number of carbonyl (C=O) groups is 1. The fourth-order valence-corrected chi connectivity index (χ4v) is 4.97. The van der Waals surface area contributed by atoms with Crippen LogP contribution in [0.25, 0.3) is 17.0 Å². The minimum atomic E-state index is -4.76. The number of nitrogens with zero attached hydrogens (tertiary/aromatic N) is 2. The Morgan fingerprint density at radius 1 is 1.08 bits per heavy atom. The van der Waals surface area contributed by atoms with E-state index in [-0.39, 0.29) is 23.6 Å². The maximum Gasteiger partial charge on any atom is 0.422 e. The zero-order valence-corrected chi connectivity index (χ0v) is 18.8. The van der Waals surface area contributed by atoms with Gasteiger partial charge in [-0.25, -0.2) is 4.84 Å². The van der Waals surface area contributed by atoms with Crippen LogP contribution in [0.15, 0.2) is 58.6 Å². The maximum atomic E-state index is 14.4. The smallest absolute Gasteiger partial charge is 0.422 e. The Labute approximate surface area is 203 Å². The molecule has 11 heteroatoms. The number of fused-ring (bicyclic) bond motifs is 3. The predicted molar refractivity (Wildman–Crippen MR) is 119 cm³/mol. The molecule has 36 heavy (non-hydrogen) atoms. The van der Waals surface area contributed by atoms with E-state index in [1.54, 1.807) is 36.4 Å². The number of aldehydes is 1. The summed E-state index contributed by atoms with van der Waals surface area (Å²) in [5.74, 6) is -0.0699. The standard InChI is InChI=1S/C25H20F3N3O5/c26-25(27,28)20-21(16-4-2-1-3-5-16)29-35-23(20)22-18-14-34-19-12-15(13-32)6-7-17(19)24(18,36-30-22)31-8-10-33-11-9-31/h1-7,12-13,30H,8-11,14H2. The van der Waals surface area contributed by atoms with E-state index in [1.807, 2.05) is 4.90 Å². The average molecular weight is 499 g/mol. The molecule has 0 bridgehead atoms. The molecule has 0 spiro atoms. The van der Waals surface area contributed by atoms with Crippen LogP contribution in [0.4, 0.5) is 13.2 Å². The van der Waals surface area contributed by atoms with Gasteiger partial charge >= 0.3 is 6.18 Å². The van der Waals surface area contributed by atoms with Crippen LogP contribution in [0, 0.1) is 0 Å². The van der Waals surface area contributed by atoms with Crippen molar-refractivity contribution in [3.63, 3.8) is 0 Å². The second-order valence-corrected chi connectivity index (χ2v) is 8.56. The van der Waals surface area contributed by atoms with Gasteiger partial charge in [0.1, 0.15) is 35.6 Å². The number of benzene rings is 2. The highest BCUT2D eigenvalue weighted by molar-refractivity contribution is 5.79. The number of hydroxylamine groups is 1. The summed E-state index contributed by atoms with van der Waals surface area (Å²) >= 11 is 0. The number of ether oxygens (including phenoxy) is 2. The van der Waals surface area contributed by atoms with Gasteiger partial charge < -0.3 is 14.0 Å². The van der Waals surface area contributed by atoms with Crippen LogP contribution in [0.5, 0.6) is 5.75 Å². The summed E-state index contributed by atoms with van der Waals surface area (Å²) in [6.07, 6.45) is -4.06. The number of hydrogen-bond donors (Lipinski definition) is 1. The SMILES string of the molecule is O=Cc1ccc2c(c1)OCC1=C(c3onc(-c4ccccc4)c3C(F)(F)F)NOC12N1CCOCC1. The summed E-state index contributed by atoms with van der Waals surface area (Å²) < 4.78 is 60.0. The van der Waals surface area contributed by atoms with Gasteiger partial charge in [0.05, 0.1) is 18.8 Å². The number of carbonyl (C=O) groups excluding carboxylic acids is 1. The predicted octanol–water partition coefficient (Wildman–Crippen LogP) is 4.00. The summed E-state index contributed by atoms with van der Waals surface area (Å²) in [6, 6.07) is 12.9. The zero-order chi connectivity index (χ0) is 24.9. The van der Waals surface area contributed by atoms with Gasteiger partial charge in [-0.2, -0.15) is 13.2 Å². The van der Waals surface area contributed by atoms with E-state index in [2.05, 4.69) is 10.6 Å². The van der Waals surface area contributed by atoms with E-state index in [0.717, 1.165) is 0 Å². The highest BCUT2D eigenvalue weighted by atomic mass is 19.4. The summed E-state index contributed by atoms with van der Waals surface area (Å²) in [4.78, 5) is 19.5. The lowest BCUT2D eigenvalue weighted by molar-refractivity contribution is -0.179. The van der Waals surface area contributed by atoms with E-state index in [9.17, 15) is 18.0 Å². The molecule has 1 N–H and O–H groups in total. The minimum absolute atomic E-state index is 0.00797. The van der Waals surface area contributed by atoms with Crippen molar-refractivity contribution in [2.75, 3.05) is 32.9 Å². The third-order valence-electron chi connectivity index (χ3n) is 6.60. The Balaban J connectivity index is 1.56. The van der Waals surface area contributed by atoms with Crippen LogP contribution < -0.4 is 10.2 Å². The van der Waals surface area contributed by atoms with Crippen molar-refractivity contribution >= 4 is 12.0 Å². The molecule has 1 aromatic heterocycles. The second-order valence-electron chi connectivity index (χ2n) is 8.56. The van der Waals surface area contributed by atoms with Crippen molar-refractivity contribution in [3.8, 4) is 17.0 Å². The van der Waals surface area contributed by atoms with Gasteiger partial charge in [0.2, 0.25) is 5.72 Å². The quantitative estimate of drug-likeness (QED) is 0.540. The van der Waals surface area contributed by atoms with E-state index >= 15 is 0 Å². The lowest BCUT2D eigenvalue weighted by Gasteiger charge is -2.45. The maximum absolute atomic E-state index is 14.4. The fourth-order valence-electron chi connectivity index (χ4n) is 4.97. The molecule has 4 heterocycles. The summed E-state index contributed by atoms with van der Waals surface area (Å²) in [5, 5.41) is 3.80. The molecule has 0 saturated carbocycles. The van der Waals surface area contributed by atoms with E-state index < -0.39 is 23.2 Å². The molecule has 1 fully saturated rings. The number of halogens is 3. The van der Waals surface area contributed by atoms with Crippen molar-refractivity contribution < 1.29 is 36.8 Å². The van der Waals surface area contributed by atoms with Crippen molar-refractivity contribution in [2.24, 2.45) is 0 Å². The molecule has 0 radical (unpaired) electrons. The molecule has 1 unspecified atom stereocenters. The molecule has 6 rings (SSSR count). The minimum Gasteiger partial charge on any atom is -0.488 e. The molecule has 2 aromatic carbocycles. The van der Waals surface area contributed by atoms with Crippen LogP contribution in [0.3, 0.4) is 0 Å². The molecule has 1 saturated heterocycles. The van der Waals surface area contributed by atoms with Crippen molar-refractivity contribution in [1.82, 2.24) is 15.5 Å². The van der Waals surface area contributed by atoms with E-state index in [4.69, 9.17) is 18.8 Å². The van der Waals surface area contributed by atoms with Crippen molar-refractivity contribution in [1.29, 1.82) is 0 Å². The van der Waals surface area contributed by atoms with E-state index in [0.29, 0.717) is 55.0 Å². The number of rotatable bonds is 4. The molecule has 0 amide bonds. The first-order valence-corrected chi connectivity index (χ1v) is 11.3. The largest absolute Gasteiger partial charge is 0.488 e. The molecule has 0 aliphatic carbocycles. The number of aromatic nitrogens is 1. The van der Waals surface area contributed by atoms with Gasteiger partial charge in [-0.1, -0.05) is 41.6 Å². The third-order valence-corrected chi connectivity index (χ3v) is 6.60. The van der Waals surface area contributed by atoms with Gasteiger partial charge in [-0.05, 0) is 12.1 Å². The van der Waals surface area contributed by atoms with E-state index in [1.165, 1.54) is 12.1 Å². The molecular weight excluding hydrogens is 479 g/mol. The number of nitrogens with one attached hydrogen (secondary N) is 1. The third kappa shape index (κ3) is 3.42. The van der Waals surface area contributed by atoms with Crippen LogP contribution in [-0.2, 0) is 21.5 Å². The Bertz CT molecular complexity index is 1350. The van der Waals surface area contributed by atoms with Crippen LogP contribution >= 0.6 is 0 Å². The summed E-state index contributed by atoms with van der Waals surface area (Å²) in [7, 11) is 0. The Morgan fingerprint density at radius 2 is 1.86 bits per heavy atom. The first kappa shape index (κ1) is 22.8. The molecule has 186 valence electrons. The molecular formula is C25H20F3N3O5. The van der Waals surface area contributed by atoms with Crippen LogP contribution in [-0.4, -0.2) is 49.3 Å². The van der Waals surface area contributed by atoms with Gasteiger partial charge in [0.15, 0.2) is 5.76 Å². The lowest BCUT2D eigenvalue weighted by atomic mass is 9.87. The number of morpholine rings is 1. The van der Waals surface area contributed by atoms with Gasteiger partial charge in [0, 0.05) is 29.8 Å². The summed E-state index contributed by atoms with van der Waals surface area (Å²) in [5.41, 5.74) is 1.78. The number of alkyl halides is 3. The Morgan fingerprint density at radius 3 is 2.58 bits per heavy atom. The molecule has 1 atom stereocenters. The highest BCUT2D eigenvalue weighted by Crippen LogP contribution is 2.52. The zero-order valence-electron chi connectivity index (χ0n) is 18.8. The number of hydrogen-bond acceptors (Lipinski definition) is 8. The van der Waals surface area contributed by atoms with Crippen LogP contribution in [0.1, 0.15) is 27.2 Å².